The average molecular weight is 338 g/mol. The molecular weight excluding hydrogens is 319 g/mol. The first kappa shape index (κ1) is 16.8. The van der Waals surface area contributed by atoms with E-state index in [1.54, 1.807) is 31.5 Å². The van der Waals surface area contributed by atoms with Gasteiger partial charge in [-0.25, -0.2) is 4.39 Å². The van der Waals surface area contributed by atoms with Gasteiger partial charge in [-0.05, 0) is 53.4 Å². The van der Waals surface area contributed by atoms with Gasteiger partial charge in [-0.15, -0.1) is 0 Å². The van der Waals surface area contributed by atoms with E-state index in [0.717, 1.165) is 28.9 Å². The summed E-state index contributed by atoms with van der Waals surface area (Å²) in [7, 11) is 1.63. The Morgan fingerprint density at radius 1 is 1.08 bits per heavy atom. The highest BCUT2D eigenvalue weighted by Crippen LogP contribution is 2.20. The molecule has 1 heterocycles. The van der Waals surface area contributed by atoms with Gasteiger partial charge in [-0.3, -0.25) is 4.79 Å². The Labute approximate surface area is 145 Å². The highest BCUT2D eigenvalue weighted by atomic mass is 19.1. The molecule has 0 fully saturated rings. The van der Waals surface area contributed by atoms with Gasteiger partial charge in [0, 0.05) is 12.7 Å². The van der Waals surface area contributed by atoms with E-state index in [2.05, 4.69) is 10.3 Å². The number of carbonyl (C=O) groups is 1. The number of halogens is 1. The maximum atomic E-state index is 13.0. The van der Waals surface area contributed by atoms with Crippen LogP contribution in [0.25, 0.3) is 11.1 Å². The molecule has 2 aromatic carbocycles. The second kappa shape index (κ2) is 7.66. The number of aromatic nitrogens is 1. The minimum absolute atomic E-state index is 0.165. The van der Waals surface area contributed by atoms with Crippen LogP contribution in [0.4, 0.5) is 4.39 Å². The Hall–Kier alpha value is -3.08. The van der Waals surface area contributed by atoms with Gasteiger partial charge >= 0.3 is 0 Å². The molecule has 3 rings (SSSR count). The van der Waals surface area contributed by atoms with Crippen LogP contribution in [0.3, 0.4) is 0 Å². The molecule has 5 heteroatoms. The van der Waals surface area contributed by atoms with E-state index in [1.165, 1.54) is 12.1 Å². The number of carbonyl (C=O) groups excluding carboxylic acids is 1. The van der Waals surface area contributed by atoms with Crippen LogP contribution in [-0.2, 0) is 6.42 Å². The van der Waals surface area contributed by atoms with Gasteiger partial charge in [-0.1, -0.05) is 24.3 Å². The van der Waals surface area contributed by atoms with Gasteiger partial charge in [0.1, 0.15) is 17.3 Å². The Kier molecular flexibility index (Phi) is 5.14. The molecule has 0 radical (unpaired) electrons. The maximum absolute atomic E-state index is 13.0. The summed E-state index contributed by atoms with van der Waals surface area (Å²) < 4.78 is 18.1. The van der Waals surface area contributed by atoms with Crippen molar-refractivity contribution in [2.24, 2.45) is 0 Å². The summed E-state index contributed by atoms with van der Waals surface area (Å²) in [6, 6.07) is 15.7. The first-order valence-corrected chi connectivity index (χ1v) is 8.01. The normalized spacial score (nSPS) is 10.5. The predicted octanol–water partition coefficient (Wildman–Crippen LogP) is 3.80. The van der Waals surface area contributed by atoms with Crippen LogP contribution in [-0.4, -0.2) is 24.5 Å². The van der Waals surface area contributed by atoms with E-state index >= 15 is 0 Å². The summed E-state index contributed by atoms with van der Waals surface area (Å²) in [5.74, 6) is 0.366. The number of hydrogen-bond donors (Lipinski definition) is 2. The van der Waals surface area contributed by atoms with Crippen molar-refractivity contribution in [3.63, 3.8) is 0 Å². The van der Waals surface area contributed by atoms with E-state index < -0.39 is 0 Å². The molecule has 1 aromatic heterocycles. The van der Waals surface area contributed by atoms with Crippen LogP contribution in [0, 0.1) is 5.82 Å². The van der Waals surface area contributed by atoms with Gasteiger partial charge in [0.15, 0.2) is 0 Å². The van der Waals surface area contributed by atoms with Crippen molar-refractivity contribution in [1.82, 2.24) is 10.3 Å². The van der Waals surface area contributed by atoms with Crippen LogP contribution >= 0.6 is 0 Å². The lowest BCUT2D eigenvalue weighted by Gasteiger charge is -2.05. The molecule has 4 nitrogen and oxygen atoms in total. The van der Waals surface area contributed by atoms with Crippen LogP contribution in [0.1, 0.15) is 16.1 Å². The summed E-state index contributed by atoms with van der Waals surface area (Å²) in [6.07, 6.45) is 2.48. The first-order valence-electron chi connectivity index (χ1n) is 8.01. The zero-order valence-electron chi connectivity index (χ0n) is 13.9. The molecule has 0 aliphatic carbocycles. The van der Waals surface area contributed by atoms with Crippen molar-refractivity contribution in [1.29, 1.82) is 0 Å². The third kappa shape index (κ3) is 4.26. The summed E-state index contributed by atoms with van der Waals surface area (Å²) >= 11 is 0. The van der Waals surface area contributed by atoms with E-state index in [9.17, 15) is 9.18 Å². The number of methoxy groups -OCH3 is 1. The van der Waals surface area contributed by atoms with Gasteiger partial charge in [0.25, 0.3) is 5.91 Å². The maximum Gasteiger partial charge on any atom is 0.267 e. The number of aromatic amines is 1. The Bertz CT molecular complexity index is 839. The quantitative estimate of drug-likeness (QED) is 0.718. The molecule has 3 aromatic rings. The lowest BCUT2D eigenvalue weighted by atomic mass is 10.1. The topological polar surface area (TPSA) is 54.1 Å². The number of rotatable bonds is 6. The standard InChI is InChI=1S/C20H19FN2O2/c1-25-18-8-2-14(3-9-18)10-11-22-20(24)19-12-16(13-23-19)15-4-6-17(21)7-5-15/h2-9,12-13,23H,10-11H2,1H3,(H,22,24). The van der Waals surface area contributed by atoms with Crippen molar-refractivity contribution >= 4 is 5.91 Å². The number of nitrogens with one attached hydrogen (secondary N) is 2. The Balaban J connectivity index is 1.55. The molecule has 0 aliphatic heterocycles. The second-order valence-corrected chi connectivity index (χ2v) is 5.66. The van der Waals surface area contributed by atoms with Crippen LogP contribution in [0.5, 0.6) is 5.75 Å². The largest absolute Gasteiger partial charge is 0.497 e. The molecule has 0 spiro atoms. The highest BCUT2D eigenvalue weighted by Gasteiger charge is 2.09. The summed E-state index contributed by atoms with van der Waals surface area (Å²) in [5, 5.41) is 2.89. The first-order chi connectivity index (χ1) is 12.2. The fraction of sp³-hybridized carbons (Fsp3) is 0.150. The summed E-state index contributed by atoms with van der Waals surface area (Å²) in [5.41, 5.74) is 3.31. The van der Waals surface area contributed by atoms with Gasteiger partial charge < -0.3 is 15.0 Å². The summed E-state index contributed by atoms with van der Waals surface area (Å²) in [4.78, 5) is 15.2. The Morgan fingerprint density at radius 2 is 1.80 bits per heavy atom. The molecule has 1 amide bonds. The van der Waals surface area contributed by atoms with E-state index in [-0.39, 0.29) is 11.7 Å². The smallest absolute Gasteiger partial charge is 0.267 e. The van der Waals surface area contributed by atoms with Crippen molar-refractivity contribution in [3.05, 3.63) is 77.9 Å². The summed E-state index contributed by atoms with van der Waals surface area (Å²) in [6.45, 7) is 0.538. The molecule has 0 bridgehead atoms. The third-order valence-electron chi connectivity index (χ3n) is 3.96. The van der Waals surface area contributed by atoms with Crippen molar-refractivity contribution in [2.45, 2.75) is 6.42 Å². The second-order valence-electron chi connectivity index (χ2n) is 5.66. The molecule has 25 heavy (non-hydrogen) atoms. The van der Waals surface area contributed by atoms with E-state index in [4.69, 9.17) is 4.74 Å². The number of hydrogen-bond acceptors (Lipinski definition) is 2. The zero-order chi connectivity index (χ0) is 17.6. The highest BCUT2D eigenvalue weighted by molar-refractivity contribution is 5.93. The van der Waals surface area contributed by atoms with Gasteiger partial charge in [-0.2, -0.15) is 0 Å². The lowest BCUT2D eigenvalue weighted by molar-refractivity contribution is 0.0950. The van der Waals surface area contributed by atoms with Gasteiger partial charge in [0.05, 0.1) is 7.11 Å². The fourth-order valence-electron chi connectivity index (χ4n) is 2.54. The lowest BCUT2D eigenvalue weighted by Crippen LogP contribution is -2.25. The van der Waals surface area contributed by atoms with Crippen LogP contribution < -0.4 is 10.1 Å². The fourth-order valence-corrected chi connectivity index (χ4v) is 2.54. The average Bonchev–Trinajstić information content (AvgIpc) is 3.13. The minimum atomic E-state index is -0.282. The van der Waals surface area contributed by atoms with Crippen LogP contribution in [0.2, 0.25) is 0 Å². The van der Waals surface area contributed by atoms with E-state index in [1.807, 2.05) is 24.3 Å². The molecule has 0 saturated heterocycles. The van der Waals surface area contributed by atoms with Gasteiger partial charge in [0.2, 0.25) is 0 Å². The number of amides is 1. The Morgan fingerprint density at radius 3 is 2.48 bits per heavy atom. The predicted molar refractivity (Wildman–Crippen MR) is 95.2 cm³/mol. The molecular formula is C20H19FN2O2. The van der Waals surface area contributed by atoms with Crippen molar-refractivity contribution in [2.75, 3.05) is 13.7 Å². The number of H-pyrrole nitrogens is 1. The molecule has 0 atom stereocenters. The number of benzene rings is 2. The third-order valence-corrected chi connectivity index (χ3v) is 3.96. The monoisotopic (exact) mass is 338 g/mol. The molecule has 0 unspecified atom stereocenters. The molecule has 2 N–H and O–H groups in total. The molecule has 128 valence electrons. The minimum Gasteiger partial charge on any atom is -0.497 e. The SMILES string of the molecule is COc1ccc(CCNC(=O)c2cc(-c3ccc(F)cc3)c[nH]2)cc1. The van der Waals surface area contributed by atoms with Crippen molar-refractivity contribution < 1.29 is 13.9 Å². The number of ether oxygens (including phenoxy) is 1. The zero-order valence-corrected chi connectivity index (χ0v) is 13.9. The molecule has 0 saturated carbocycles. The molecule has 0 aliphatic rings. The van der Waals surface area contributed by atoms with Crippen LogP contribution in [0.15, 0.2) is 60.8 Å². The van der Waals surface area contributed by atoms with E-state index in [0.29, 0.717) is 12.2 Å². The van der Waals surface area contributed by atoms with Crippen molar-refractivity contribution in [3.8, 4) is 16.9 Å².